The lowest BCUT2D eigenvalue weighted by molar-refractivity contribution is -0.123. The summed E-state index contributed by atoms with van der Waals surface area (Å²) in [5, 5.41) is 3.02. The van der Waals surface area contributed by atoms with Crippen LogP contribution in [0.2, 0.25) is 0 Å². The molecular weight excluding hydrogens is 370 g/mol. The minimum absolute atomic E-state index is 0.0168. The second-order valence-corrected chi connectivity index (χ2v) is 8.87. The molecule has 2 aliphatic rings. The van der Waals surface area contributed by atoms with Gasteiger partial charge in [0.15, 0.2) is 4.87 Å². The summed E-state index contributed by atoms with van der Waals surface area (Å²) in [6.07, 6.45) is 0. The number of carbonyl (C=O) groups excluding carboxylic acids is 2. The highest BCUT2D eigenvalue weighted by Gasteiger charge is 2.59. The van der Waals surface area contributed by atoms with Crippen LogP contribution < -0.4 is 10.2 Å². The molecule has 2 aromatic carbocycles. The number of nitrogens with one attached hydrogen (secondary N) is 1. The molecule has 2 heterocycles. The number of nitrogens with zero attached hydrogens (tertiary/aromatic N) is 2. The van der Waals surface area contributed by atoms with E-state index in [1.54, 1.807) is 16.7 Å². The van der Waals surface area contributed by atoms with E-state index in [-0.39, 0.29) is 18.0 Å². The van der Waals surface area contributed by atoms with Gasteiger partial charge in [0.1, 0.15) is 0 Å². The van der Waals surface area contributed by atoms with E-state index >= 15 is 0 Å². The molecule has 1 fully saturated rings. The standard InChI is InChI=1S/C22H25N3O2S/c1-15(2)25-19-10-5-4-9-18(19)22(20(25)26)24(11-12-28-22)21(27)23-14-17-8-6-7-16(3)13-17/h4-10,13,15H,11-12,14H2,1-3H3,(H,23,27). The molecule has 146 valence electrons. The second kappa shape index (κ2) is 7.17. The van der Waals surface area contributed by atoms with Crippen molar-refractivity contribution < 1.29 is 9.59 Å². The van der Waals surface area contributed by atoms with Crippen molar-refractivity contribution in [3.05, 3.63) is 65.2 Å². The molecule has 0 saturated carbocycles. The molecule has 3 amide bonds. The number of anilines is 1. The Labute approximate surface area is 170 Å². The first-order valence-corrected chi connectivity index (χ1v) is 10.6. The Morgan fingerprint density at radius 1 is 1.21 bits per heavy atom. The molecule has 6 heteroatoms. The molecule has 0 aliphatic carbocycles. The molecule has 1 spiro atoms. The summed E-state index contributed by atoms with van der Waals surface area (Å²) in [7, 11) is 0. The zero-order valence-corrected chi connectivity index (χ0v) is 17.3. The third kappa shape index (κ3) is 2.87. The van der Waals surface area contributed by atoms with Gasteiger partial charge in [-0.3, -0.25) is 9.69 Å². The molecule has 0 radical (unpaired) electrons. The van der Waals surface area contributed by atoms with Crippen LogP contribution >= 0.6 is 11.8 Å². The Balaban J connectivity index is 1.64. The van der Waals surface area contributed by atoms with Crippen molar-refractivity contribution in [3.63, 3.8) is 0 Å². The number of hydrogen-bond acceptors (Lipinski definition) is 3. The average molecular weight is 396 g/mol. The number of hydrogen-bond donors (Lipinski definition) is 1. The average Bonchev–Trinajstić information content (AvgIpc) is 3.22. The largest absolute Gasteiger partial charge is 0.334 e. The highest BCUT2D eigenvalue weighted by atomic mass is 32.2. The van der Waals surface area contributed by atoms with E-state index in [0.29, 0.717) is 13.1 Å². The SMILES string of the molecule is Cc1cccc(CNC(=O)N2CCSC23C(=O)N(C(C)C)c2ccccc23)c1. The van der Waals surface area contributed by atoms with Crippen LogP contribution in [-0.2, 0) is 16.2 Å². The maximum Gasteiger partial charge on any atom is 0.319 e. The van der Waals surface area contributed by atoms with E-state index in [2.05, 4.69) is 11.4 Å². The number of urea groups is 1. The van der Waals surface area contributed by atoms with Gasteiger partial charge in [-0.25, -0.2) is 4.79 Å². The van der Waals surface area contributed by atoms with Crippen molar-refractivity contribution in [1.29, 1.82) is 0 Å². The van der Waals surface area contributed by atoms with Gasteiger partial charge in [0.25, 0.3) is 5.91 Å². The van der Waals surface area contributed by atoms with Crippen molar-refractivity contribution in [2.24, 2.45) is 0 Å². The number of para-hydroxylation sites is 1. The Morgan fingerprint density at radius 2 is 2.00 bits per heavy atom. The highest BCUT2D eigenvalue weighted by Crippen LogP contribution is 2.54. The van der Waals surface area contributed by atoms with Crippen molar-refractivity contribution in [3.8, 4) is 0 Å². The van der Waals surface area contributed by atoms with Crippen LogP contribution in [0, 0.1) is 6.92 Å². The molecule has 1 atom stereocenters. The number of rotatable bonds is 3. The number of aryl methyl sites for hydroxylation is 1. The molecule has 1 unspecified atom stereocenters. The van der Waals surface area contributed by atoms with E-state index in [4.69, 9.17) is 0 Å². The molecule has 5 nitrogen and oxygen atoms in total. The molecule has 2 aliphatic heterocycles. The van der Waals surface area contributed by atoms with E-state index in [0.717, 1.165) is 28.1 Å². The topological polar surface area (TPSA) is 52.7 Å². The van der Waals surface area contributed by atoms with Crippen molar-refractivity contribution >= 4 is 29.4 Å². The van der Waals surface area contributed by atoms with Crippen LogP contribution in [0.5, 0.6) is 0 Å². The van der Waals surface area contributed by atoms with Crippen LogP contribution in [0.25, 0.3) is 0 Å². The Hall–Kier alpha value is -2.47. The zero-order chi connectivity index (χ0) is 19.9. The van der Waals surface area contributed by atoms with E-state index in [1.165, 1.54) is 0 Å². The van der Waals surface area contributed by atoms with Gasteiger partial charge in [0, 0.05) is 30.4 Å². The fourth-order valence-corrected chi connectivity index (χ4v) is 5.58. The van der Waals surface area contributed by atoms with Gasteiger partial charge in [0.05, 0.1) is 5.69 Å². The number of benzene rings is 2. The Kier molecular flexibility index (Phi) is 4.83. The Morgan fingerprint density at radius 3 is 2.75 bits per heavy atom. The molecule has 1 saturated heterocycles. The van der Waals surface area contributed by atoms with Gasteiger partial charge < -0.3 is 10.2 Å². The van der Waals surface area contributed by atoms with Gasteiger partial charge in [0.2, 0.25) is 0 Å². The Bertz CT molecular complexity index is 930. The normalized spacial score (nSPS) is 20.9. The number of carbonyl (C=O) groups is 2. The molecule has 4 rings (SSSR count). The van der Waals surface area contributed by atoms with Crippen molar-refractivity contribution in [2.45, 2.75) is 38.2 Å². The lowest BCUT2D eigenvalue weighted by Gasteiger charge is -2.33. The summed E-state index contributed by atoms with van der Waals surface area (Å²) < 4.78 is 0. The maximum absolute atomic E-state index is 13.5. The summed E-state index contributed by atoms with van der Waals surface area (Å²) in [4.78, 5) is 29.3. The monoisotopic (exact) mass is 395 g/mol. The lowest BCUT2D eigenvalue weighted by Crippen LogP contribution is -2.54. The van der Waals surface area contributed by atoms with E-state index in [9.17, 15) is 9.59 Å². The molecule has 0 aromatic heterocycles. The van der Waals surface area contributed by atoms with Crippen LogP contribution in [0.15, 0.2) is 48.5 Å². The van der Waals surface area contributed by atoms with Gasteiger partial charge >= 0.3 is 6.03 Å². The number of fused-ring (bicyclic) bond motifs is 2. The van der Waals surface area contributed by atoms with Crippen LogP contribution in [0.1, 0.15) is 30.5 Å². The van der Waals surface area contributed by atoms with Crippen LogP contribution in [0.4, 0.5) is 10.5 Å². The summed E-state index contributed by atoms with van der Waals surface area (Å²) >= 11 is 1.56. The third-order valence-corrected chi connectivity index (χ3v) is 6.75. The zero-order valence-electron chi connectivity index (χ0n) is 16.4. The molecule has 0 bridgehead atoms. The van der Waals surface area contributed by atoms with Crippen LogP contribution in [0.3, 0.4) is 0 Å². The fourth-order valence-electron chi connectivity index (χ4n) is 4.13. The summed E-state index contributed by atoms with van der Waals surface area (Å²) in [5.74, 6) is 0.723. The van der Waals surface area contributed by atoms with E-state index in [1.807, 2.05) is 68.1 Å². The minimum Gasteiger partial charge on any atom is -0.334 e. The molecule has 28 heavy (non-hydrogen) atoms. The first kappa shape index (κ1) is 18.9. The van der Waals surface area contributed by atoms with Gasteiger partial charge in [-0.1, -0.05) is 48.0 Å². The fraction of sp³-hybridized carbons (Fsp3) is 0.364. The quantitative estimate of drug-likeness (QED) is 0.859. The summed E-state index contributed by atoms with van der Waals surface area (Å²) in [5.41, 5.74) is 4.04. The first-order chi connectivity index (χ1) is 13.4. The van der Waals surface area contributed by atoms with Gasteiger partial charge in [-0.2, -0.15) is 0 Å². The first-order valence-electron chi connectivity index (χ1n) is 9.63. The summed E-state index contributed by atoms with van der Waals surface area (Å²) in [6, 6.07) is 15.8. The highest BCUT2D eigenvalue weighted by molar-refractivity contribution is 8.01. The third-order valence-electron chi connectivity index (χ3n) is 5.33. The number of amides is 3. The smallest absolute Gasteiger partial charge is 0.319 e. The molecule has 1 N–H and O–H groups in total. The maximum atomic E-state index is 13.5. The van der Waals surface area contributed by atoms with Crippen molar-refractivity contribution in [2.75, 3.05) is 17.2 Å². The van der Waals surface area contributed by atoms with Crippen molar-refractivity contribution in [1.82, 2.24) is 10.2 Å². The predicted molar refractivity (Wildman–Crippen MR) is 113 cm³/mol. The van der Waals surface area contributed by atoms with Crippen LogP contribution in [-0.4, -0.2) is 35.2 Å². The molecular formula is C22H25N3O2S. The van der Waals surface area contributed by atoms with Gasteiger partial charge in [-0.05, 0) is 32.4 Å². The van der Waals surface area contributed by atoms with E-state index < -0.39 is 4.87 Å². The minimum atomic E-state index is -0.961. The lowest BCUT2D eigenvalue weighted by atomic mass is 10.1. The number of thioether (sulfide) groups is 1. The summed E-state index contributed by atoms with van der Waals surface area (Å²) in [6.45, 7) is 7.05. The van der Waals surface area contributed by atoms with Gasteiger partial charge in [-0.15, -0.1) is 11.8 Å². The second-order valence-electron chi connectivity index (χ2n) is 7.58. The molecule has 2 aromatic rings. The predicted octanol–water partition coefficient (Wildman–Crippen LogP) is 3.86.